The van der Waals surface area contributed by atoms with Gasteiger partial charge in [-0.1, -0.05) is 0 Å². The van der Waals surface area contributed by atoms with Gasteiger partial charge < -0.3 is 10.8 Å². The molecule has 0 saturated heterocycles. The third-order valence-corrected chi connectivity index (χ3v) is 0.668. The van der Waals surface area contributed by atoms with Crippen molar-refractivity contribution >= 4 is 6.03 Å². The normalized spacial score (nSPS) is 12.2. The first-order chi connectivity index (χ1) is 4.09. The Morgan fingerprint density at radius 1 is 1.89 bits per heavy atom. The number of aliphatic hydroxyl groups is 1. The van der Waals surface area contributed by atoms with Crippen molar-refractivity contribution in [3.63, 3.8) is 0 Å². The standard InChI is InChI=1S/C3H7N3O3/c1-2(7)6(5-9)3(4)8/h2,7H,1H3,(H2,4,8). The highest BCUT2D eigenvalue weighted by Gasteiger charge is 2.14. The molecular formula is C3H7N3O3. The molecule has 0 aromatic heterocycles. The van der Waals surface area contributed by atoms with Crippen molar-refractivity contribution in [2.24, 2.45) is 11.0 Å². The number of hydrogen-bond donors (Lipinski definition) is 2. The summed E-state index contributed by atoms with van der Waals surface area (Å²) in [4.78, 5) is 19.7. The zero-order valence-corrected chi connectivity index (χ0v) is 4.81. The monoisotopic (exact) mass is 133 g/mol. The topological polar surface area (TPSA) is 96.0 Å². The number of primary amides is 1. The fourth-order valence-electron chi connectivity index (χ4n) is 0.293. The second kappa shape index (κ2) is 2.98. The van der Waals surface area contributed by atoms with Crippen LogP contribution in [0.4, 0.5) is 4.79 Å². The van der Waals surface area contributed by atoms with Gasteiger partial charge in [-0.25, -0.2) is 4.79 Å². The molecule has 0 bridgehead atoms. The van der Waals surface area contributed by atoms with Crippen LogP contribution < -0.4 is 5.73 Å². The molecule has 0 saturated carbocycles. The van der Waals surface area contributed by atoms with E-state index in [2.05, 4.69) is 11.0 Å². The molecule has 3 N–H and O–H groups in total. The van der Waals surface area contributed by atoms with Gasteiger partial charge in [0.15, 0.2) is 6.23 Å². The predicted molar refractivity (Wildman–Crippen MR) is 28.9 cm³/mol. The molecule has 6 nitrogen and oxygen atoms in total. The molecule has 0 heterocycles. The van der Waals surface area contributed by atoms with E-state index in [1.54, 1.807) is 0 Å². The largest absolute Gasteiger partial charge is 0.372 e. The number of urea groups is 1. The fourth-order valence-corrected chi connectivity index (χ4v) is 0.293. The van der Waals surface area contributed by atoms with Gasteiger partial charge in [0, 0.05) is 0 Å². The van der Waals surface area contributed by atoms with E-state index in [9.17, 15) is 9.70 Å². The van der Waals surface area contributed by atoms with Crippen LogP contribution in [0.5, 0.6) is 0 Å². The Balaban J connectivity index is 3.98. The maximum absolute atomic E-state index is 10.1. The maximum Gasteiger partial charge on any atom is 0.340 e. The van der Waals surface area contributed by atoms with Crippen molar-refractivity contribution in [3.05, 3.63) is 4.91 Å². The van der Waals surface area contributed by atoms with Crippen LogP contribution in [0.1, 0.15) is 6.92 Å². The maximum atomic E-state index is 10.1. The molecule has 1 atom stereocenters. The van der Waals surface area contributed by atoms with Crippen LogP contribution in [-0.2, 0) is 0 Å². The van der Waals surface area contributed by atoms with Crippen molar-refractivity contribution < 1.29 is 9.90 Å². The number of carbonyl (C=O) groups is 1. The molecule has 2 amide bonds. The summed E-state index contributed by atoms with van der Waals surface area (Å²) in [6.07, 6.45) is -1.26. The van der Waals surface area contributed by atoms with Crippen molar-refractivity contribution in [2.75, 3.05) is 0 Å². The molecular weight excluding hydrogens is 126 g/mol. The quantitative estimate of drug-likeness (QED) is 0.298. The van der Waals surface area contributed by atoms with Gasteiger partial charge in [0.2, 0.25) is 0 Å². The van der Waals surface area contributed by atoms with Crippen molar-refractivity contribution in [3.8, 4) is 0 Å². The molecule has 0 aliphatic carbocycles. The van der Waals surface area contributed by atoms with Crippen LogP contribution in [0.3, 0.4) is 0 Å². The fraction of sp³-hybridized carbons (Fsp3) is 0.667. The van der Waals surface area contributed by atoms with Gasteiger partial charge in [0.25, 0.3) is 0 Å². The minimum absolute atomic E-state index is 0.222. The Hall–Kier alpha value is -1.17. The first-order valence-electron chi connectivity index (χ1n) is 2.19. The molecule has 0 radical (unpaired) electrons. The molecule has 0 aliphatic heterocycles. The summed E-state index contributed by atoms with van der Waals surface area (Å²) in [5.41, 5.74) is 4.58. The Morgan fingerprint density at radius 3 is 2.33 bits per heavy atom. The summed E-state index contributed by atoms with van der Waals surface area (Å²) in [5, 5.41) is 10.9. The lowest BCUT2D eigenvalue weighted by Crippen LogP contribution is -2.37. The van der Waals surface area contributed by atoms with Crippen molar-refractivity contribution in [1.29, 1.82) is 0 Å². The number of nitrogens with two attached hydrogens (primary N) is 1. The van der Waals surface area contributed by atoms with Crippen molar-refractivity contribution in [2.45, 2.75) is 13.2 Å². The van der Waals surface area contributed by atoms with Crippen LogP contribution in [-0.4, -0.2) is 22.4 Å². The third kappa shape index (κ3) is 2.04. The Morgan fingerprint density at radius 2 is 2.33 bits per heavy atom. The molecule has 1 unspecified atom stereocenters. The van der Waals surface area contributed by atoms with Gasteiger partial charge in [-0.05, 0) is 6.92 Å². The third-order valence-electron chi connectivity index (χ3n) is 0.668. The second-order valence-electron chi connectivity index (χ2n) is 1.40. The molecule has 0 aromatic carbocycles. The van der Waals surface area contributed by atoms with Gasteiger partial charge in [0.05, 0.1) is 5.29 Å². The van der Waals surface area contributed by atoms with Crippen LogP contribution >= 0.6 is 0 Å². The van der Waals surface area contributed by atoms with Crippen LogP contribution in [0.2, 0.25) is 0 Å². The van der Waals surface area contributed by atoms with E-state index in [0.717, 1.165) is 0 Å². The number of hydrogen-bond acceptors (Lipinski definition) is 4. The molecule has 52 valence electrons. The molecule has 0 aliphatic rings. The summed E-state index contributed by atoms with van der Waals surface area (Å²) in [7, 11) is 0. The predicted octanol–water partition coefficient (Wildman–Crippen LogP) is -0.613. The van der Waals surface area contributed by atoms with Gasteiger partial charge in [-0.3, -0.25) is 0 Å². The van der Waals surface area contributed by atoms with Gasteiger partial charge in [-0.2, -0.15) is 5.01 Å². The SMILES string of the molecule is CC(O)N(N=O)C(N)=O. The Kier molecular flexibility index (Phi) is 2.59. The van der Waals surface area contributed by atoms with E-state index in [1.807, 2.05) is 0 Å². The van der Waals surface area contributed by atoms with E-state index in [-0.39, 0.29) is 5.01 Å². The first-order valence-corrected chi connectivity index (χ1v) is 2.19. The van der Waals surface area contributed by atoms with E-state index in [0.29, 0.717) is 0 Å². The van der Waals surface area contributed by atoms with E-state index in [1.165, 1.54) is 6.92 Å². The summed E-state index contributed by atoms with van der Waals surface area (Å²) in [5.74, 6) is 0. The first kappa shape index (κ1) is 7.83. The lowest BCUT2D eigenvalue weighted by Gasteiger charge is -2.11. The van der Waals surface area contributed by atoms with E-state index < -0.39 is 12.3 Å². The zero-order chi connectivity index (χ0) is 7.44. The van der Waals surface area contributed by atoms with Gasteiger partial charge in [0.1, 0.15) is 0 Å². The number of nitrogens with zero attached hydrogens (tertiary/aromatic N) is 2. The number of nitroso groups, excluding NO2 is 1. The average Bonchev–Trinajstić information content (AvgIpc) is 1.64. The molecule has 9 heavy (non-hydrogen) atoms. The molecule has 0 fully saturated rings. The Labute approximate surface area is 51.2 Å². The molecule has 0 spiro atoms. The van der Waals surface area contributed by atoms with E-state index >= 15 is 0 Å². The van der Waals surface area contributed by atoms with Crippen molar-refractivity contribution in [1.82, 2.24) is 5.01 Å². The highest BCUT2D eigenvalue weighted by atomic mass is 16.3. The van der Waals surface area contributed by atoms with Crippen LogP contribution in [0.15, 0.2) is 5.29 Å². The summed E-state index contributed by atoms with van der Waals surface area (Å²) in [6, 6.07) is -1.07. The second-order valence-corrected chi connectivity index (χ2v) is 1.40. The van der Waals surface area contributed by atoms with Crippen LogP contribution in [0.25, 0.3) is 0 Å². The number of aliphatic hydroxyl groups excluding tert-OH is 1. The summed E-state index contributed by atoms with van der Waals surface area (Å²) >= 11 is 0. The number of amides is 2. The zero-order valence-electron chi connectivity index (χ0n) is 4.81. The lowest BCUT2D eigenvalue weighted by molar-refractivity contribution is 0.0494. The number of rotatable bonds is 2. The van der Waals surface area contributed by atoms with E-state index in [4.69, 9.17) is 5.11 Å². The summed E-state index contributed by atoms with van der Waals surface area (Å²) < 4.78 is 0. The molecule has 0 rings (SSSR count). The smallest absolute Gasteiger partial charge is 0.340 e. The Bertz CT molecular complexity index is 123. The average molecular weight is 133 g/mol. The minimum atomic E-state index is -1.26. The highest BCUT2D eigenvalue weighted by molar-refractivity contribution is 5.71. The lowest BCUT2D eigenvalue weighted by atomic mass is 10.6. The minimum Gasteiger partial charge on any atom is -0.372 e. The number of carbonyl (C=O) groups excluding carboxylic acids is 1. The van der Waals surface area contributed by atoms with Crippen LogP contribution in [0, 0.1) is 4.91 Å². The highest BCUT2D eigenvalue weighted by Crippen LogP contribution is 1.93. The molecule has 0 aromatic rings. The molecule has 6 heteroatoms. The van der Waals surface area contributed by atoms with Gasteiger partial charge >= 0.3 is 6.03 Å². The van der Waals surface area contributed by atoms with Gasteiger partial charge in [-0.15, -0.1) is 4.91 Å². The summed E-state index contributed by atoms with van der Waals surface area (Å²) in [6.45, 7) is 1.20.